The van der Waals surface area contributed by atoms with Gasteiger partial charge in [0, 0.05) is 41.7 Å². The van der Waals surface area contributed by atoms with Crippen LogP contribution in [-0.2, 0) is 11.0 Å². The minimum absolute atomic E-state index is 0.280. The van der Waals surface area contributed by atoms with Crippen LogP contribution < -0.4 is 5.32 Å². The molecule has 7 heteroatoms. The lowest BCUT2D eigenvalue weighted by Gasteiger charge is -2.23. The summed E-state index contributed by atoms with van der Waals surface area (Å²) < 4.78 is 13.7. The zero-order chi connectivity index (χ0) is 22.8. The molecule has 1 aliphatic rings. The first kappa shape index (κ1) is 21.8. The highest BCUT2D eigenvalue weighted by atomic mass is 32.2. The average molecular weight is 445 g/mol. The van der Waals surface area contributed by atoms with Crippen LogP contribution in [0.4, 0.5) is 5.69 Å². The molecule has 1 atom stereocenters. The van der Waals surface area contributed by atoms with Crippen molar-refractivity contribution in [1.29, 1.82) is 5.26 Å². The molecule has 0 bridgehead atoms. The van der Waals surface area contributed by atoms with Crippen LogP contribution in [0, 0.1) is 18.3 Å². The van der Waals surface area contributed by atoms with Gasteiger partial charge in [-0.1, -0.05) is 30.9 Å². The Morgan fingerprint density at radius 3 is 2.78 bits per heavy atom. The number of aromatic amines is 1. The van der Waals surface area contributed by atoms with Crippen molar-refractivity contribution >= 4 is 39.4 Å². The number of allylic oxidation sites excluding steroid dienone is 1. The second-order valence-electron chi connectivity index (χ2n) is 7.78. The van der Waals surface area contributed by atoms with Gasteiger partial charge in [-0.2, -0.15) is 5.26 Å². The number of rotatable bonds is 6. The predicted octanol–water partition coefficient (Wildman–Crippen LogP) is 4.79. The SMILES string of the molecule is C=C(C#N)Nc1cccc(-c2ccc(C=O)c3[nH]c(C4=CCN(S(C)=O)CC4)cc23)c1C. The van der Waals surface area contributed by atoms with Crippen LogP contribution >= 0.6 is 0 Å². The minimum Gasteiger partial charge on any atom is -0.354 e. The van der Waals surface area contributed by atoms with Crippen LogP contribution in [0.15, 0.2) is 54.8 Å². The monoisotopic (exact) mass is 444 g/mol. The number of benzene rings is 2. The van der Waals surface area contributed by atoms with Crippen molar-refractivity contribution in [3.8, 4) is 17.2 Å². The number of anilines is 1. The van der Waals surface area contributed by atoms with Crippen LogP contribution in [0.1, 0.15) is 28.0 Å². The summed E-state index contributed by atoms with van der Waals surface area (Å²) in [4.78, 5) is 15.2. The molecule has 0 saturated carbocycles. The highest BCUT2D eigenvalue weighted by molar-refractivity contribution is 7.81. The molecule has 162 valence electrons. The van der Waals surface area contributed by atoms with E-state index in [1.165, 1.54) is 0 Å². The average Bonchev–Trinajstić information content (AvgIpc) is 3.25. The van der Waals surface area contributed by atoms with E-state index >= 15 is 0 Å². The molecule has 4 rings (SSSR count). The summed E-state index contributed by atoms with van der Waals surface area (Å²) in [7, 11) is -0.982. The highest BCUT2D eigenvalue weighted by Crippen LogP contribution is 2.37. The van der Waals surface area contributed by atoms with Crippen molar-refractivity contribution in [2.45, 2.75) is 13.3 Å². The number of carbonyl (C=O) groups is 1. The number of hydrogen-bond acceptors (Lipinski definition) is 4. The molecular weight excluding hydrogens is 420 g/mol. The molecule has 0 aliphatic carbocycles. The summed E-state index contributed by atoms with van der Waals surface area (Å²) in [6, 6.07) is 13.8. The van der Waals surface area contributed by atoms with Crippen LogP contribution in [0.25, 0.3) is 27.6 Å². The van der Waals surface area contributed by atoms with Gasteiger partial charge in [-0.3, -0.25) is 4.79 Å². The normalized spacial score (nSPS) is 15.1. The lowest BCUT2D eigenvalue weighted by Crippen LogP contribution is -2.29. The first-order valence-corrected chi connectivity index (χ1v) is 11.8. The van der Waals surface area contributed by atoms with Gasteiger partial charge >= 0.3 is 0 Å². The summed E-state index contributed by atoms with van der Waals surface area (Å²) in [6.07, 6.45) is 5.44. The van der Waals surface area contributed by atoms with E-state index in [-0.39, 0.29) is 5.70 Å². The third-order valence-electron chi connectivity index (χ3n) is 5.88. The Labute approximate surface area is 189 Å². The second kappa shape index (κ2) is 8.95. The van der Waals surface area contributed by atoms with Gasteiger partial charge in [0.15, 0.2) is 6.29 Å². The molecule has 2 N–H and O–H groups in total. The fraction of sp³-hybridized carbons (Fsp3) is 0.200. The lowest BCUT2D eigenvalue weighted by atomic mass is 9.94. The van der Waals surface area contributed by atoms with E-state index in [4.69, 9.17) is 5.26 Å². The Morgan fingerprint density at radius 1 is 1.31 bits per heavy atom. The molecule has 1 unspecified atom stereocenters. The van der Waals surface area contributed by atoms with Gasteiger partial charge < -0.3 is 10.3 Å². The van der Waals surface area contributed by atoms with Gasteiger partial charge in [0.2, 0.25) is 0 Å². The zero-order valence-electron chi connectivity index (χ0n) is 18.1. The molecule has 2 aromatic carbocycles. The number of H-pyrrole nitrogens is 1. The Morgan fingerprint density at radius 2 is 2.12 bits per heavy atom. The Bertz CT molecular complexity index is 1330. The summed E-state index contributed by atoms with van der Waals surface area (Å²) in [6.45, 7) is 7.07. The fourth-order valence-corrected chi connectivity index (χ4v) is 4.76. The van der Waals surface area contributed by atoms with Gasteiger partial charge in [-0.15, -0.1) is 0 Å². The molecular formula is C25H24N4O2S. The van der Waals surface area contributed by atoms with Crippen molar-refractivity contribution in [1.82, 2.24) is 9.29 Å². The summed E-state index contributed by atoms with van der Waals surface area (Å²) in [5.41, 5.74) is 7.64. The van der Waals surface area contributed by atoms with E-state index in [9.17, 15) is 9.00 Å². The first-order valence-electron chi connectivity index (χ1n) is 10.3. The fourth-order valence-electron chi connectivity index (χ4n) is 4.13. The van der Waals surface area contributed by atoms with E-state index < -0.39 is 11.0 Å². The number of nitriles is 1. The van der Waals surface area contributed by atoms with Crippen LogP contribution in [-0.4, -0.2) is 39.1 Å². The number of aromatic nitrogens is 1. The van der Waals surface area contributed by atoms with Crippen molar-refractivity contribution in [3.63, 3.8) is 0 Å². The third kappa shape index (κ3) is 4.03. The van der Waals surface area contributed by atoms with Gasteiger partial charge in [0.05, 0.1) is 16.5 Å². The number of carbonyl (C=O) groups excluding carboxylic acids is 1. The molecule has 0 spiro atoms. The van der Waals surface area contributed by atoms with Gasteiger partial charge in [0.1, 0.15) is 11.8 Å². The van der Waals surface area contributed by atoms with Gasteiger partial charge in [-0.05, 0) is 53.8 Å². The molecule has 0 fully saturated rings. The number of fused-ring (bicyclic) bond motifs is 1. The summed E-state index contributed by atoms with van der Waals surface area (Å²) in [5, 5.41) is 13.1. The summed E-state index contributed by atoms with van der Waals surface area (Å²) >= 11 is 0. The van der Waals surface area contributed by atoms with Crippen molar-refractivity contribution < 1.29 is 9.00 Å². The maximum atomic E-state index is 11.7. The van der Waals surface area contributed by atoms with Gasteiger partial charge in [-0.25, -0.2) is 8.51 Å². The molecule has 1 aliphatic heterocycles. The zero-order valence-corrected chi connectivity index (χ0v) is 18.9. The molecule has 0 saturated heterocycles. The number of nitrogens with zero attached hydrogens (tertiary/aromatic N) is 2. The number of aldehydes is 1. The van der Waals surface area contributed by atoms with Gasteiger partial charge in [0.25, 0.3) is 0 Å². The molecule has 6 nitrogen and oxygen atoms in total. The smallest absolute Gasteiger partial charge is 0.152 e. The van der Waals surface area contributed by atoms with E-state index in [1.807, 2.05) is 47.6 Å². The highest BCUT2D eigenvalue weighted by Gasteiger charge is 2.19. The van der Waals surface area contributed by atoms with Crippen LogP contribution in [0.3, 0.4) is 0 Å². The molecule has 1 aromatic heterocycles. The Kier molecular flexibility index (Phi) is 6.08. The largest absolute Gasteiger partial charge is 0.354 e. The lowest BCUT2D eigenvalue weighted by molar-refractivity contribution is 0.112. The third-order valence-corrected chi connectivity index (χ3v) is 6.94. The maximum Gasteiger partial charge on any atom is 0.152 e. The second-order valence-corrected chi connectivity index (χ2v) is 9.14. The molecule has 2 heterocycles. The Balaban J connectivity index is 1.82. The van der Waals surface area contributed by atoms with Crippen molar-refractivity contribution in [2.75, 3.05) is 24.7 Å². The van der Waals surface area contributed by atoms with Crippen molar-refractivity contribution in [2.24, 2.45) is 0 Å². The maximum absolute atomic E-state index is 11.7. The van der Waals surface area contributed by atoms with E-state index in [2.05, 4.69) is 29.0 Å². The molecule has 0 amide bonds. The van der Waals surface area contributed by atoms with Crippen LogP contribution in [0.2, 0.25) is 0 Å². The van der Waals surface area contributed by atoms with E-state index in [1.54, 1.807) is 6.26 Å². The molecule has 32 heavy (non-hydrogen) atoms. The Hall–Kier alpha value is -3.47. The first-order chi connectivity index (χ1) is 15.4. The summed E-state index contributed by atoms with van der Waals surface area (Å²) in [5.74, 6) is 0. The topological polar surface area (TPSA) is 89.0 Å². The van der Waals surface area contributed by atoms with E-state index in [0.29, 0.717) is 12.1 Å². The number of hydrogen-bond donors (Lipinski definition) is 2. The minimum atomic E-state index is -0.982. The van der Waals surface area contributed by atoms with E-state index in [0.717, 1.165) is 63.8 Å². The number of nitrogens with one attached hydrogen (secondary N) is 2. The van der Waals surface area contributed by atoms with Crippen molar-refractivity contribution in [3.05, 3.63) is 71.6 Å². The standard InChI is InChI=1S/C25H24N4O2S/c1-16(14-26)27-23-6-4-5-20(17(23)2)21-8-7-19(15-30)25-22(21)13-24(28-25)18-9-11-29(12-10-18)32(3)31/h4-9,13,15,27-28H,1,10-12H2,2-3H3. The predicted molar refractivity (Wildman–Crippen MR) is 130 cm³/mol. The quantitative estimate of drug-likeness (QED) is 0.423. The molecule has 0 radical (unpaired) electrons. The molecule has 3 aromatic rings. The van der Waals surface area contributed by atoms with Crippen LogP contribution in [0.5, 0.6) is 0 Å².